The van der Waals surface area contributed by atoms with Gasteiger partial charge >= 0.3 is 0 Å². The molecule has 0 bridgehead atoms. The van der Waals surface area contributed by atoms with Gasteiger partial charge in [-0.05, 0) is 62.0 Å². The van der Waals surface area contributed by atoms with Gasteiger partial charge in [0.1, 0.15) is 17.6 Å². The summed E-state index contributed by atoms with van der Waals surface area (Å²) in [5, 5.41) is 2.07. The Morgan fingerprint density at radius 1 is 1.15 bits per heavy atom. The topological polar surface area (TPSA) is 44.5 Å². The molecule has 2 atom stereocenters. The molecule has 2 rings (SSSR count). The first kappa shape index (κ1) is 14.9. The van der Waals surface area contributed by atoms with Gasteiger partial charge in [-0.1, -0.05) is 0 Å². The fourth-order valence-electron chi connectivity index (χ4n) is 2.00. The van der Waals surface area contributed by atoms with Crippen molar-refractivity contribution >= 4 is 11.3 Å². The van der Waals surface area contributed by atoms with E-state index < -0.39 is 0 Å². The van der Waals surface area contributed by atoms with Crippen molar-refractivity contribution < 1.29 is 9.47 Å². The molecule has 2 unspecified atom stereocenters. The zero-order chi connectivity index (χ0) is 14.5. The summed E-state index contributed by atoms with van der Waals surface area (Å²) in [4.78, 5) is 1.19. The molecule has 1 aromatic carbocycles. The second kappa shape index (κ2) is 6.77. The van der Waals surface area contributed by atoms with Crippen LogP contribution in [0.25, 0.3) is 0 Å². The fourth-order valence-corrected chi connectivity index (χ4v) is 3.07. The van der Waals surface area contributed by atoms with Gasteiger partial charge in [0.15, 0.2) is 0 Å². The molecule has 20 heavy (non-hydrogen) atoms. The maximum absolute atomic E-state index is 6.08. The lowest BCUT2D eigenvalue weighted by molar-refractivity contribution is 0.183. The van der Waals surface area contributed by atoms with Crippen LogP contribution in [0.1, 0.15) is 30.4 Å². The Morgan fingerprint density at radius 3 is 2.30 bits per heavy atom. The maximum atomic E-state index is 6.08. The number of ether oxygens (including phenoxy) is 2. The predicted octanol–water partition coefficient (Wildman–Crippen LogP) is 3.92. The van der Waals surface area contributed by atoms with Gasteiger partial charge in [-0.25, -0.2) is 0 Å². The van der Waals surface area contributed by atoms with Gasteiger partial charge in [-0.3, -0.25) is 0 Å². The SMILES string of the molecule is CCOc1ccc(OC(c2sccc2C)C(C)N)cc1. The molecular formula is C16H21NO2S. The lowest BCUT2D eigenvalue weighted by Crippen LogP contribution is -2.28. The molecule has 4 heteroatoms. The van der Waals surface area contributed by atoms with Crippen LogP contribution < -0.4 is 15.2 Å². The highest BCUT2D eigenvalue weighted by Crippen LogP contribution is 2.31. The van der Waals surface area contributed by atoms with E-state index in [1.807, 2.05) is 38.1 Å². The molecule has 0 aliphatic carbocycles. The molecule has 0 spiro atoms. The van der Waals surface area contributed by atoms with Crippen molar-refractivity contribution in [3.8, 4) is 11.5 Å². The lowest BCUT2D eigenvalue weighted by atomic mass is 10.1. The van der Waals surface area contributed by atoms with Crippen molar-refractivity contribution in [2.45, 2.75) is 32.9 Å². The highest BCUT2D eigenvalue weighted by molar-refractivity contribution is 7.10. The van der Waals surface area contributed by atoms with Crippen LogP contribution in [0.2, 0.25) is 0 Å². The summed E-state index contributed by atoms with van der Waals surface area (Å²) in [6.45, 7) is 6.69. The minimum absolute atomic E-state index is 0.0704. The Kier molecular flexibility index (Phi) is 5.04. The molecule has 108 valence electrons. The summed E-state index contributed by atoms with van der Waals surface area (Å²) in [7, 11) is 0. The number of nitrogens with two attached hydrogens (primary N) is 1. The Labute approximate surface area is 124 Å². The molecule has 0 saturated heterocycles. The Balaban J connectivity index is 2.14. The molecule has 0 aliphatic rings. The number of aryl methyl sites for hydroxylation is 1. The van der Waals surface area contributed by atoms with E-state index in [-0.39, 0.29) is 12.1 Å². The predicted molar refractivity (Wildman–Crippen MR) is 83.7 cm³/mol. The molecule has 2 N–H and O–H groups in total. The van der Waals surface area contributed by atoms with Crippen molar-refractivity contribution in [3.63, 3.8) is 0 Å². The average Bonchev–Trinajstić information content (AvgIpc) is 2.84. The zero-order valence-corrected chi connectivity index (χ0v) is 12.9. The number of hydrogen-bond donors (Lipinski definition) is 1. The first-order valence-electron chi connectivity index (χ1n) is 6.81. The average molecular weight is 291 g/mol. The summed E-state index contributed by atoms with van der Waals surface area (Å²) in [6, 6.07) is 9.69. The molecule has 0 amide bonds. The first-order chi connectivity index (χ1) is 9.61. The van der Waals surface area contributed by atoms with Crippen LogP contribution in [0.15, 0.2) is 35.7 Å². The quantitative estimate of drug-likeness (QED) is 0.877. The third-order valence-electron chi connectivity index (χ3n) is 3.04. The van der Waals surface area contributed by atoms with Gasteiger partial charge in [0.05, 0.1) is 6.61 Å². The van der Waals surface area contributed by atoms with Gasteiger partial charge in [0, 0.05) is 10.9 Å². The van der Waals surface area contributed by atoms with E-state index in [0.29, 0.717) is 6.61 Å². The second-order valence-electron chi connectivity index (χ2n) is 4.77. The number of benzene rings is 1. The highest BCUT2D eigenvalue weighted by atomic mass is 32.1. The number of hydrogen-bond acceptors (Lipinski definition) is 4. The van der Waals surface area contributed by atoms with Gasteiger partial charge in [0.2, 0.25) is 0 Å². The normalized spacial score (nSPS) is 13.8. The molecule has 2 aromatic rings. The van der Waals surface area contributed by atoms with Crippen molar-refractivity contribution in [2.75, 3.05) is 6.61 Å². The van der Waals surface area contributed by atoms with Crippen LogP contribution in [-0.2, 0) is 0 Å². The Bertz CT molecular complexity index is 534. The van der Waals surface area contributed by atoms with E-state index in [1.165, 1.54) is 10.4 Å². The Morgan fingerprint density at radius 2 is 1.80 bits per heavy atom. The van der Waals surface area contributed by atoms with Crippen molar-refractivity contribution in [1.29, 1.82) is 0 Å². The van der Waals surface area contributed by atoms with Crippen LogP contribution in [-0.4, -0.2) is 12.6 Å². The van der Waals surface area contributed by atoms with Crippen molar-refractivity contribution in [2.24, 2.45) is 5.73 Å². The zero-order valence-electron chi connectivity index (χ0n) is 12.1. The van der Waals surface area contributed by atoms with Crippen LogP contribution in [0, 0.1) is 6.92 Å². The van der Waals surface area contributed by atoms with E-state index in [1.54, 1.807) is 11.3 Å². The summed E-state index contributed by atoms with van der Waals surface area (Å²) >= 11 is 1.69. The molecule has 0 fully saturated rings. The van der Waals surface area contributed by atoms with Gasteiger partial charge in [-0.15, -0.1) is 11.3 Å². The molecule has 0 radical (unpaired) electrons. The van der Waals surface area contributed by atoms with Crippen LogP contribution in [0.4, 0.5) is 0 Å². The molecule has 1 heterocycles. The third-order valence-corrected chi connectivity index (χ3v) is 4.12. The van der Waals surface area contributed by atoms with E-state index in [2.05, 4.69) is 18.4 Å². The summed E-state index contributed by atoms with van der Waals surface area (Å²) < 4.78 is 11.5. The summed E-state index contributed by atoms with van der Waals surface area (Å²) in [5.41, 5.74) is 7.30. The van der Waals surface area contributed by atoms with Crippen molar-refractivity contribution in [3.05, 3.63) is 46.2 Å². The molecule has 1 aromatic heterocycles. The lowest BCUT2D eigenvalue weighted by Gasteiger charge is -2.22. The third kappa shape index (κ3) is 3.52. The fraction of sp³-hybridized carbons (Fsp3) is 0.375. The van der Waals surface area contributed by atoms with E-state index >= 15 is 0 Å². The van der Waals surface area contributed by atoms with Gasteiger partial charge in [-0.2, -0.15) is 0 Å². The van der Waals surface area contributed by atoms with Crippen LogP contribution in [0.3, 0.4) is 0 Å². The van der Waals surface area contributed by atoms with Crippen molar-refractivity contribution in [1.82, 2.24) is 0 Å². The minimum atomic E-state index is -0.118. The van der Waals surface area contributed by atoms with E-state index in [9.17, 15) is 0 Å². The smallest absolute Gasteiger partial charge is 0.148 e. The van der Waals surface area contributed by atoms with E-state index in [0.717, 1.165) is 11.5 Å². The van der Waals surface area contributed by atoms with Gasteiger partial charge in [0.25, 0.3) is 0 Å². The minimum Gasteiger partial charge on any atom is -0.494 e. The Hall–Kier alpha value is -1.52. The monoisotopic (exact) mass is 291 g/mol. The second-order valence-corrected chi connectivity index (χ2v) is 5.72. The molecule has 0 saturated carbocycles. The highest BCUT2D eigenvalue weighted by Gasteiger charge is 2.21. The standard InChI is InChI=1S/C16H21NO2S/c1-4-18-13-5-7-14(8-6-13)19-15(12(3)17)16-11(2)9-10-20-16/h5-10,12,15H,4,17H2,1-3H3. The number of thiophene rings is 1. The largest absolute Gasteiger partial charge is 0.494 e. The first-order valence-corrected chi connectivity index (χ1v) is 7.69. The number of rotatable bonds is 6. The van der Waals surface area contributed by atoms with Crippen LogP contribution in [0.5, 0.6) is 11.5 Å². The summed E-state index contributed by atoms with van der Waals surface area (Å²) in [5.74, 6) is 1.66. The molecule has 0 aliphatic heterocycles. The van der Waals surface area contributed by atoms with Gasteiger partial charge < -0.3 is 15.2 Å². The summed E-state index contributed by atoms with van der Waals surface area (Å²) in [6.07, 6.45) is -0.118. The maximum Gasteiger partial charge on any atom is 0.148 e. The molecule has 3 nitrogen and oxygen atoms in total. The molecular weight excluding hydrogens is 270 g/mol. The van der Waals surface area contributed by atoms with E-state index in [4.69, 9.17) is 15.2 Å². The van der Waals surface area contributed by atoms with Crippen LogP contribution >= 0.6 is 11.3 Å².